The summed E-state index contributed by atoms with van der Waals surface area (Å²) in [6.45, 7) is 2.03. The van der Waals surface area contributed by atoms with Gasteiger partial charge in [-0.3, -0.25) is 23.7 Å². The number of rotatable bonds is 10. The molecular weight excluding hydrogens is 570 g/mol. The fourth-order valence-corrected chi connectivity index (χ4v) is 5.38. The van der Waals surface area contributed by atoms with Crippen LogP contribution in [-0.2, 0) is 23.4 Å². The van der Waals surface area contributed by atoms with E-state index in [9.17, 15) is 24.1 Å². The number of carbonyl (C=O) groups is 1. The lowest BCUT2D eigenvalue weighted by Gasteiger charge is -2.28. The molecule has 0 aliphatic carbocycles. The molecular formula is C20H23Cl2N6O9P. The molecule has 1 saturated heterocycles. The first-order valence-corrected chi connectivity index (χ1v) is 13.1. The van der Waals surface area contributed by atoms with Crippen molar-refractivity contribution in [3.8, 4) is 5.75 Å². The molecule has 3 N–H and O–H groups in total. The molecule has 1 unspecified atom stereocenters. The molecule has 1 aromatic heterocycles. The molecule has 1 aliphatic rings. The van der Waals surface area contributed by atoms with Gasteiger partial charge in [0.25, 0.3) is 5.56 Å². The van der Waals surface area contributed by atoms with Gasteiger partial charge in [0.15, 0.2) is 6.23 Å². The van der Waals surface area contributed by atoms with Crippen LogP contribution in [0.5, 0.6) is 5.75 Å². The highest BCUT2D eigenvalue weighted by atomic mass is 35.5. The van der Waals surface area contributed by atoms with Crippen molar-refractivity contribution >= 4 is 36.9 Å². The van der Waals surface area contributed by atoms with Gasteiger partial charge in [-0.05, 0) is 31.5 Å². The summed E-state index contributed by atoms with van der Waals surface area (Å²) in [5, 5.41) is 17.3. The number of aromatic amines is 1. The van der Waals surface area contributed by atoms with Crippen molar-refractivity contribution in [3.63, 3.8) is 0 Å². The Labute approximate surface area is 224 Å². The van der Waals surface area contributed by atoms with Crippen LogP contribution in [0.4, 0.5) is 0 Å². The minimum absolute atomic E-state index is 0.0308. The van der Waals surface area contributed by atoms with Crippen LogP contribution in [0.25, 0.3) is 10.4 Å². The number of esters is 1. The number of H-pyrrole nitrogens is 1. The van der Waals surface area contributed by atoms with E-state index in [1.54, 1.807) is 0 Å². The van der Waals surface area contributed by atoms with Crippen molar-refractivity contribution in [3.05, 3.63) is 71.8 Å². The summed E-state index contributed by atoms with van der Waals surface area (Å²) < 4.78 is 36.0. The van der Waals surface area contributed by atoms with Crippen molar-refractivity contribution in [2.24, 2.45) is 5.11 Å². The lowest BCUT2D eigenvalue weighted by atomic mass is 9.93. The maximum atomic E-state index is 13.6. The van der Waals surface area contributed by atoms with E-state index in [-0.39, 0.29) is 15.8 Å². The van der Waals surface area contributed by atoms with Gasteiger partial charge >= 0.3 is 19.4 Å². The van der Waals surface area contributed by atoms with Crippen LogP contribution in [0.15, 0.2) is 45.2 Å². The van der Waals surface area contributed by atoms with E-state index in [0.717, 1.165) is 23.9 Å². The van der Waals surface area contributed by atoms with Gasteiger partial charge in [-0.2, -0.15) is 5.09 Å². The van der Waals surface area contributed by atoms with Gasteiger partial charge in [0.1, 0.15) is 23.4 Å². The zero-order valence-electron chi connectivity index (χ0n) is 20.1. The van der Waals surface area contributed by atoms with E-state index >= 15 is 0 Å². The van der Waals surface area contributed by atoms with Crippen molar-refractivity contribution < 1.29 is 33.0 Å². The predicted molar refractivity (Wildman–Crippen MR) is 134 cm³/mol. The number of nitrogens with one attached hydrogen (secondary N) is 2. The number of aliphatic hydroxyl groups is 1. The monoisotopic (exact) mass is 592 g/mol. The van der Waals surface area contributed by atoms with Gasteiger partial charge < -0.3 is 19.1 Å². The molecule has 38 heavy (non-hydrogen) atoms. The first kappa shape index (κ1) is 29.7. The molecule has 0 amide bonds. The van der Waals surface area contributed by atoms with E-state index in [4.69, 9.17) is 42.5 Å². The Bertz CT molecular complexity index is 1410. The summed E-state index contributed by atoms with van der Waals surface area (Å²) >= 11 is 11.9. The van der Waals surface area contributed by atoms with E-state index in [2.05, 4.69) is 19.9 Å². The number of aromatic nitrogens is 2. The summed E-state index contributed by atoms with van der Waals surface area (Å²) in [5.74, 6) is -0.811. The molecule has 1 aliphatic heterocycles. The number of hydrogen-bond donors (Lipinski definition) is 3. The summed E-state index contributed by atoms with van der Waals surface area (Å²) in [6, 6.07) is 3.88. The highest BCUT2D eigenvalue weighted by molar-refractivity contribution is 7.52. The van der Waals surface area contributed by atoms with Crippen molar-refractivity contribution in [2.75, 3.05) is 13.7 Å². The number of hydrogen-bond acceptors (Lipinski definition) is 10. The SMILES string of the molecule is COC(=O)[C@H](C)NP(=O)(OC[C@H]1O[C@H](n2ccc(=O)[nH]c2=O)[C@](C)(N=[N+]=[N-])[C@@H]1O)Oc1ccc(Cl)c(Cl)c1. The van der Waals surface area contributed by atoms with Crippen LogP contribution < -0.4 is 20.9 Å². The molecule has 3 rings (SSSR count). The van der Waals surface area contributed by atoms with Crippen molar-refractivity contribution in [1.29, 1.82) is 0 Å². The quantitative estimate of drug-likeness (QED) is 0.121. The van der Waals surface area contributed by atoms with Crippen molar-refractivity contribution in [1.82, 2.24) is 14.6 Å². The Kier molecular flexibility index (Phi) is 9.29. The third-order valence-electron chi connectivity index (χ3n) is 5.55. The van der Waals surface area contributed by atoms with E-state index in [1.807, 2.05) is 4.98 Å². The number of aliphatic hydroxyl groups excluding tert-OH is 1. The van der Waals surface area contributed by atoms with Crippen LogP contribution >= 0.6 is 30.9 Å². The molecule has 2 aromatic rings. The lowest BCUT2D eigenvalue weighted by molar-refractivity contribution is -0.142. The highest BCUT2D eigenvalue weighted by Gasteiger charge is 2.55. The molecule has 2 heterocycles. The molecule has 1 fully saturated rings. The van der Waals surface area contributed by atoms with Crippen molar-refractivity contribution in [2.45, 2.75) is 43.9 Å². The topological polar surface area (TPSA) is 207 Å². The number of halogens is 2. The summed E-state index contributed by atoms with van der Waals surface area (Å²) in [7, 11) is -3.28. The third kappa shape index (κ3) is 6.40. The zero-order chi connectivity index (χ0) is 28.3. The minimum atomic E-state index is -4.41. The first-order chi connectivity index (χ1) is 17.8. The highest BCUT2D eigenvalue weighted by Crippen LogP contribution is 2.48. The van der Waals surface area contributed by atoms with E-state index in [1.165, 1.54) is 32.0 Å². The summed E-state index contributed by atoms with van der Waals surface area (Å²) in [6.07, 6.45) is -3.19. The van der Waals surface area contributed by atoms with Gasteiger partial charge in [-0.15, -0.1) is 0 Å². The number of carbonyl (C=O) groups excluding carboxylic acids is 1. The maximum absolute atomic E-state index is 13.6. The van der Waals surface area contributed by atoms with Crippen LogP contribution in [-0.4, -0.2) is 58.1 Å². The Morgan fingerprint density at radius 3 is 2.71 bits per heavy atom. The number of ether oxygens (including phenoxy) is 2. The average molecular weight is 593 g/mol. The van der Waals surface area contributed by atoms with Gasteiger partial charge in [-0.1, -0.05) is 28.3 Å². The zero-order valence-corrected chi connectivity index (χ0v) is 22.5. The Morgan fingerprint density at radius 1 is 1.39 bits per heavy atom. The smallest absolute Gasteiger partial charge is 0.459 e. The van der Waals surface area contributed by atoms with Crippen LogP contribution in [0.2, 0.25) is 10.0 Å². The van der Waals surface area contributed by atoms with Gasteiger partial charge in [-0.25, -0.2) is 9.36 Å². The number of benzene rings is 1. The fraction of sp³-hybridized carbons (Fsp3) is 0.450. The fourth-order valence-electron chi connectivity index (χ4n) is 3.60. The molecule has 1 aromatic carbocycles. The summed E-state index contributed by atoms with van der Waals surface area (Å²) in [4.78, 5) is 40.5. The molecule has 206 valence electrons. The number of azide groups is 1. The third-order valence-corrected chi connectivity index (χ3v) is 7.93. The van der Waals surface area contributed by atoms with Crippen LogP contribution in [0, 0.1) is 0 Å². The van der Waals surface area contributed by atoms with Gasteiger partial charge in [0.05, 0.1) is 29.9 Å². The molecule has 6 atom stereocenters. The molecule has 0 spiro atoms. The number of methoxy groups -OCH3 is 1. The van der Waals surface area contributed by atoms with Gasteiger partial charge in [0.2, 0.25) is 0 Å². The maximum Gasteiger partial charge on any atom is 0.459 e. The lowest BCUT2D eigenvalue weighted by Crippen LogP contribution is -2.45. The predicted octanol–water partition coefficient (Wildman–Crippen LogP) is 2.53. The first-order valence-electron chi connectivity index (χ1n) is 10.8. The standard InChI is InChI=1S/C20H23Cl2N6O9P/c1-10(17(31)34-3)25-38(33,37-11-4-5-12(21)13(22)8-11)35-9-14-16(30)20(2,26-27-23)18(36-14)28-7-6-15(29)24-19(28)32/h4-8,10,14,16,18,30H,9H2,1-3H3,(H,25,33)(H,24,29,32)/t10-,14+,16+,18-,20+,38?/m0/s1. The van der Waals surface area contributed by atoms with Crippen LogP contribution in [0.1, 0.15) is 20.1 Å². The molecule has 0 saturated carbocycles. The second-order valence-corrected chi connectivity index (χ2v) is 10.7. The van der Waals surface area contributed by atoms with Crippen LogP contribution in [0.3, 0.4) is 0 Å². The minimum Gasteiger partial charge on any atom is -0.468 e. The Hall–Kier alpha value is -2.87. The van der Waals surface area contributed by atoms with E-state index < -0.39 is 61.6 Å². The second-order valence-electron chi connectivity index (χ2n) is 8.24. The van der Waals surface area contributed by atoms with Gasteiger partial charge in [0, 0.05) is 23.2 Å². The summed E-state index contributed by atoms with van der Waals surface area (Å²) in [5.41, 5.74) is 5.76. The molecule has 15 nitrogen and oxygen atoms in total. The number of nitrogens with zero attached hydrogens (tertiary/aromatic N) is 4. The Morgan fingerprint density at radius 2 is 2.11 bits per heavy atom. The molecule has 0 bridgehead atoms. The molecule has 0 radical (unpaired) electrons. The van der Waals surface area contributed by atoms with E-state index in [0.29, 0.717) is 0 Å². The average Bonchev–Trinajstić information content (AvgIpc) is 3.09. The normalized spacial score (nSPS) is 25.2. The Balaban J connectivity index is 1.90. The second kappa shape index (κ2) is 11.9. The molecule has 18 heteroatoms. The largest absolute Gasteiger partial charge is 0.468 e.